The topological polar surface area (TPSA) is 85.7 Å². The SMILES string of the molecule is O=c1[nH]c(CSc2nnc(-c3ccc(Cl)cc3)n2C[C@@H]2CCCO2)nc2sc3c(c12)CCC3. The number of hydrogen-bond donors (Lipinski definition) is 1. The van der Waals surface area contributed by atoms with Gasteiger partial charge in [-0.1, -0.05) is 23.4 Å². The summed E-state index contributed by atoms with van der Waals surface area (Å²) in [5, 5.41) is 11.2. The molecule has 6 rings (SSSR count). The summed E-state index contributed by atoms with van der Waals surface area (Å²) in [6.07, 6.45) is 5.41. The van der Waals surface area contributed by atoms with Gasteiger partial charge in [0.1, 0.15) is 10.7 Å². The number of ether oxygens (including phenoxy) is 1. The molecule has 33 heavy (non-hydrogen) atoms. The fourth-order valence-electron chi connectivity index (χ4n) is 4.61. The number of aromatic amines is 1. The van der Waals surface area contributed by atoms with E-state index in [2.05, 4.69) is 19.7 Å². The van der Waals surface area contributed by atoms with E-state index >= 15 is 0 Å². The number of halogens is 1. The number of H-pyrrole nitrogens is 1. The molecule has 1 atom stereocenters. The summed E-state index contributed by atoms with van der Waals surface area (Å²) < 4.78 is 7.99. The second kappa shape index (κ2) is 8.87. The highest BCUT2D eigenvalue weighted by Crippen LogP contribution is 2.35. The van der Waals surface area contributed by atoms with E-state index in [4.69, 9.17) is 21.3 Å². The van der Waals surface area contributed by atoms with E-state index in [1.807, 2.05) is 24.3 Å². The van der Waals surface area contributed by atoms with Crippen LogP contribution in [0.3, 0.4) is 0 Å². The normalized spacial score (nSPS) is 17.8. The molecule has 3 aromatic heterocycles. The van der Waals surface area contributed by atoms with Crippen molar-refractivity contribution >= 4 is 44.9 Å². The Bertz CT molecular complexity index is 1370. The van der Waals surface area contributed by atoms with Crippen molar-refractivity contribution in [3.63, 3.8) is 0 Å². The summed E-state index contributed by atoms with van der Waals surface area (Å²) in [5.74, 6) is 1.96. The molecule has 0 spiro atoms. The Morgan fingerprint density at radius 3 is 2.91 bits per heavy atom. The predicted octanol–water partition coefficient (Wildman–Crippen LogP) is 4.86. The van der Waals surface area contributed by atoms with Crippen LogP contribution in [0, 0.1) is 0 Å². The lowest BCUT2D eigenvalue weighted by Gasteiger charge is -2.14. The van der Waals surface area contributed by atoms with Crippen molar-refractivity contribution in [1.29, 1.82) is 0 Å². The van der Waals surface area contributed by atoms with Crippen LogP contribution in [0.15, 0.2) is 34.2 Å². The maximum absolute atomic E-state index is 12.8. The molecule has 0 bridgehead atoms. The van der Waals surface area contributed by atoms with Crippen LogP contribution >= 0.6 is 34.7 Å². The summed E-state index contributed by atoms with van der Waals surface area (Å²) in [5.41, 5.74) is 2.13. The van der Waals surface area contributed by atoms with Gasteiger partial charge >= 0.3 is 0 Å². The van der Waals surface area contributed by atoms with Crippen molar-refractivity contribution in [2.45, 2.75) is 55.7 Å². The van der Waals surface area contributed by atoms with Gasteiger partial charge < -0.3 is 9.72 Å². The monoisotopic (exact) mass is 499 g/mol. The van der Waals surface area contributed by atoms with E-state index in [1.54, 1.807) is 11.3 Å². The van der Waals surface area contributed by atoms with Gasteiger partial charge in [-0.15, -0.1) is 21.5 Å². The Morgan fingerprint density at radius 1 is 1.21 bits per heavy atom. The summed E-state index contributed by atoms with van der Waals surface area (Å²) >= 11 is 9.27. The molecule has 1 aliphatic heterocycles. The van der Waals surface area contributed by atoms with Crippen LogP contribution in [0.4, 0.5) is 0 Å². The van der Waals surface area contributed by atoms with E-state index in [-0.39, 0.29) is 11.7 Å². The molecule has 0 unspecified atom stereocenters. The number of aryl methyl sites for hydroxylation is 2. The Hall–Kier alpha value is -2.20. The third kappa shape index (κ3) is 4.12. The largest absolute Gasteiger partial charge is 0.376 e. The van der Waals surface area contributed by atoms with Crippen LogP contribution < -0.4 is 5.56 Å². The standard InChI is InChI=1S/C23H22ClN5O2S2/c24-14-8-6-13(7-9-14)20-27-28-23(29(20)11-15-3-2-10-31-15)32-12-18-25-21(30)19-16-4-1-5-17(16)33-22(19)26-18/h6-9,15H,1-5,10-12H2,(H,25,26,30)/t15-/m0/s1. The van der Waals surface area contributed by atoms with Crippen molar-refractivity contribution in [3.8, 4) is 11.4 Å². The third-order valence-corrected chi connectivity index (χ3v) is 8.61. The first-order valence-electron chi connectivity index (χ1n) is 11.1. The summed E-state index contributed by atoms with van der Waals surface area (Å²) in [4.78, 5) is 22.7. The maximum atomic E-state index is 12.8. The number of hydrogen-bond acceptors (Lipinski definition) is 7. The van der Waals surface area contributed by atoms with Gasteiger partial charge in [-0.2, -0.15) is 0 Å². The highest BCUT2D eigenvalue weighted by Gasteiger charge is 2.23. The van der Waals surface area contributed by atoms with Crippen molar-refractivity contribution in [2.24, 2.45) is 0 Å². The zero-order valence-electron chi connectivity index (χ0n) is 17.8. The van der Waals surface area contributed by atoms with Gasteiger partial charge in [0.2, 0.25) is 0 Å². The van der Waals surface area contributed by atoms with E-state index in [0.29, 0.717) is 23.1 Å². The fraction of sp³-hybridized carbons (Fsp3) is 0.391. The fourth-order valence-corrected chi connectivity index (χ4v) is 6.84. The number of benzene rings is 1. The molecule has 1 fully saturated rings. The van der Waals surface area contributed by atoms with Gasteiger partial charge in [-0.25, -0.2) is 4.98 Å². The first kappa shape index (κ1) is 21.3. The predicted molar refractivity (Wildman–Crippen MR) is 131 cm³/mol. The number of fused-ring (bicyclic) bond motifs is 3. The zero-order valence-corrected chi connectivity index (χ0v) is 20.2. The third-order valence-electron chi connectivity index (χ3n) is 6.19. The molecular formula is C23H22ClN5O2S2. The van der Waals surface area contributed by atoms with Crippen LogP contribution in [0.25, 0.3) is 21.6 Å². The van der Waals surface area contributed by atoms with Crippen molar-refractivity contribution in [1.82, 2.24) is 24.7 Å². The zero-order chi connectivity index (χ0) is 22.4. The van der Waals surface area contributed by atoms with E-state index in [1.165, 1.54) is 22.2 Å². The quantitative estimate of drug-likeness (QED) is 0.381. The second-order valence-electron chi connectivity index (χ2n) is 8.40. The number of aromatic nitrogens is 5. The molecule has 2 aliphatic rings. The van der Waals surface area contributed by atoms with Gasteiger partial charge in [-0.3, -0.25) is 9.36 Å². The molecule has 10 heteroatoms. The number of rotatable bonds is 6. The van der Waals surface area contributed by atoms with E-state index < -0.39 is 0 Å². The number of nitrogens with zero attached hydrogens (tertiary/aromatic N) is 4. The van der Waals surface area contributed by atoms with Crippen molar-refractivity contribution in [2.75, 3.05) is 6.61 Å². The van der Waals surface area contributed by atoms with Crippen molar-refractivity contribution in [3.05, 3.63) is 55.9 Å². The minimum atomic E-state index is -0.0299. The van der Waals surface area contributed by atoms with Crippen LogP contribution in [0.1, 0.15) is 35.5 Å². The average molecular weight is 500 g/mol. The molecule has 1 N–H and O–H groups in total. The van der Waals surface area contributed by atoms with Gasteiger partial charge in [0.15, 0.2) is 11.0 Å². The summed E-state index contributed by atoms with van der Waals surface area (Å²) in [6.45, 7) is 1.48. The number of thiophene rings is 1. The number of nitrogens with one attached hydrogen (secondary N) is 1. The molecule has 4 heterocycles. The van der Waals surface area contributed by atoms with Gasteiger partial charge in [0, 0.05) is 22.1 Å². The molecule has 7 nitrogen and oxygen atoms in total. The Kier molecular flexibility index (Phi) is 5.73. The lowest BCUT2D eigenvalue weighted by atomic mass is 10.2. The number of thioether (sulfide) groups is 1. The van der Waals surface area contributed by atoms with E-state index in [0.717, 1.165) is 65.5 Å². The maximum Gasteiger partial charge on any atom is 0.259 e. The molecule has 0 saturated carbocycles. The molecule has 1 aromatic carbocycles. The minimum Gasteiger partial charge on any atom is -0.376 e. The Balaban J connectivity index is 1.29. The highest BCUT2D eigenvalue weighted by molar-refractivity contribution is 7.98. The first-order chi connectivity index (χ1) is 16.2. The molecular weight excluding hydrogens is 478 g/mol. The molecule has 170 valence electrons. The van der Waals surface area contributed by atoms with Gasteiger partial charge in [-0.05, 0) is 61.9 Å². The summed E-state index contributed by atoms with van der Waals surface area (Å²) in [6, 6.07) is 7.62. The van der Waals surface area contributed by atoms with Gasteiger partial charge in [0.25, 0.3) is 5.56 Å². The minimum absolute atomic E-state index is 0.0299. The van der Waals surface area contributed by atoms with Crippen LogP contribution in [0.2, 0.25) is 5.02 Å². The smallest absolute Gasteiger partial charge is 0.259 e. The van der Waals surface area contributed by atoms with Crippen LogP contribution in [-0.2, 0) is 29.9 Å². The molecule has 0 amide bonds. The van der Waals surface area contributed by atoms with E-state index in [9.17, 15) is 4.79 Å². The highest BCUT2D eigenvalue weighted by atomic mass is 35.5. The van der Waals surface area contributed by atoms with Crippen molar-refractivity contribution < 1.29 is 4.74 Å². The Morgan fingerprint density at radius 2 is 2.09 bits per heavy atom. The first-order valence-corrected chi connectivity index (χ1v) is 13.3. The van der Waals surface area contributed by atoms with Gasteiger partial charge in [0.05, 0.1) is 23.8 Å². The lowest BCUT2D eigenvalue weighted by Crippen LogP contribution is -2.17. The second-order valence-corrected chi connectivity index (χ2v) is 10.9. The lowest BCUT2D eigenvalue weighted by molar-refractivity contribution is 0.0953. The molecule has 1 aliphatic carbocycles. The molecule has 1 saturated heterocycles. The molecule has 0 radical (unpaired) electrons. The van der Waals surface area contributed by atoms with Crippen LogP contribution in [0.5, 0.6) is 0 Å². The average Bonchev–Trinajstić information content (AvgIpc) is 3.58. The molecule has 4 aromatic rings. The summed E-state index contributed by atoms with van der Waals surface area (Å²) in [7, 11) is 0. The Labute approximate surface area is 203 Å². The van der Waals surface area contributed by atoms with Crippen LogP contribution in [-0.4, -0.2) is 37.4 Å².